The first-order valence-corrected chi connectivity index (χ1v) is 4.12. The van der Waals surface area contributed by atoms with Gasteiger partial charge in [-0.2, -0.15) is 0 Å². The molecule has 1 aromatic rings. The van der Waals surface area contributed by atoms with Gasteiger partial charge in [0.2, 0.25) is 0 Å². The van der Waals surface area contributed by atoms with Gasteiger partial charge in [0, 0.05) is 31.0 Å². The summed E-state index contributed by atoms with van der Waals surface area (Å²) in [6, 6.07) is 1.65. The molecule has 0 aliphatic rings. The standard InChI is InChI=1S/C9H14FN3/c1-9(10,6-11)4-7-5-13-3-2-8(7)12/h2-3,5H,4,6,11H2,1H3,(H2,12,13). The molecule has 0 aliphatic carbocycles. The molecule has 0 fully saturated rings. The smallest absolute Gasteiger partial charge is 0.124 e. The molecule has 13 heavy (non-hydrogen) atoms. The minimum Gasteiger partial charge on any atom is -0.398 e. The highest BCUT2D eigenvalue weighted by Crippen LogP contribution is 2.19. The fourth-order valence-electron chi connectivity index (χ4n) is 1.05. The summed E-state index contributed by atoms with van der Waals surface area (Å²) in [5.74, 6) is 0. The molecule has 0 spiro atoms. The molecule has 1 aromatic heterocycles. The first-order chi connectivity index (χ1) is 6.05. The molecule has 4 heteroatoms. The minimum atomic E-state index is -1.41. The van der Waals surface area contributed by atoms with Crippen molar-refractivity contribution in [3.8, 4) is 0 Å². The van der Waals surface area contributed by atoms with Crippen LogP contribution in [0.4, 0.5) is 10.1 Å². The average molecular weight is 183 g/mol. The Morgan fingerprint density at radius 3 is 2.85 bits per heavy atom. The van der Waals surface area contributed by atoms with Crippen LogP contribution in [0.1, 0.15) is 12.5 Å². The second kappa shape index (κ2) is 3.70. The molecular weight excluding hydrogens is 169 g/mol. The number of alkyl halides is 1. The van der Waals surface area contributed by atoms with Crippen LogP contribution in [0, 0.1) is 0 Å². The van der Waals surface area contributed by atoms with E-state index in [0.29, 0.717) is 11.3 Å². The molecular formula is C9H14FN3. The average Bonchev–Trinajstić information content (AvgIpc) is 2.09. The highest BCUT2D eigenvalue weighted by atomic mass is 19.1. The molecule has 4 N–H and O–H groups in total. The lowest BCUT2D eigenvalue weighted by atomic mass is 9.99. The quantitative estimate of drug-likeness (QED) is 0.731. The fourth-order valence-corrected chi connectivity index (χ4v) is 1.05. The Hall–Kier alpha value is -1.16. The van der Waals surface area contributed by atoms with Crippen LogP contribution < -0.4 is 11.5 Å². The van der Waals surface area contributed by atoms with Crippen LogP contribution >= 0.6 is 0 Å². The zero-order chi connectivity index (χ0) is 9.90. The van der Waals surface area contributed by atoms with Crippen LogP contribution in [0.2, 0.25) is 0 Å². The predicted octanol–water partition coefficient (Wildman–Crippen LogP) is 0.893. The van der Waals surface area contributed by atoms with Crippen LogP contribution in [0.3, 0.4) is 0 Å². The van der Waals surface area contributed by atoms with E-state index < -0.39 is 5.67 Å². The number of anilines is 1. The Morgan fingerprint density at radius 2 is 2.31 bits per heavy atom. The van der Waals surface area contributed by atoms with Gasteiger partial charge in [-0.05, 0) is 18.6 Å². The third-order valence-electron chi connectivity index (χ3n) is 1.93. The maximum Gasteiger partial charge on any atom is 0.124 e. The van der Waals surface area contributed by atoms with Gasteiger partial charge in [0.15, 0.2) is 0 Å². The zero-order valence-corrected chi connectivity index (χ0v) is 7.63. The maximum absolute atomic E-state index is 13.5. The van der Waals surface area contributed by atoms with E-state index in [0.717, 1.165) is 0 Å². The third-order valence-corrected chi connectivity index (χ3v) is 1.93. The Morgan fingerprint density at radius 1 is 1.62 bits per heavy atom. The summed E-state index contributed by atoms with van der Waals surface area (Å²) in [6.07, 6.45) is 3.36. The van der Waals surface area contributed by atoms with Gasteiger partial charge in [-0.25, -0.2) is 4.39 Å². The second-order valence-corrected chi connectivity index (χ2v) is 3.37. The normalized spacial score (nSPS) is 15.3. The summed E-state index contributed by atoms with van der Waals surface area (Å²) in [4.78, 5) is 3.88. The number of rotatable bonds is 3. The predicted molar refractivity (Wildman–Crippen MR) is 50.9 cm³/mol. The number of halogens is 1. The van der Waals surface area contributed by atoms with Crippen molar-refractivity contribution in [3.63, 3.8) is 0 Å². The van der Waals surface area contributed by atoms with Crippen molar-refractivity contribution in [1.82, 2.24) is 4.98 Å². The Bertz CT molecular complexity index is 286. The number of nitrogens with zero attached hydrogens (tertiary/aromatic N) is 1. The zero-order valence-electron chi connectivity index (χ0n) is 7.63. The molecule has 72 valence electrons. The lowest BCUT2D eigenvalue weighted by molar-refractivity contribution is 0.200. The summed E-state index contributed by atoms with van der Waals surface area (Å²) < 4.78 is 13.5. The van der Waals surface area contributed by atoms with Crippen molar-refractivity contribution in [1.29, 1.82) is 0 Å². The molecule has 1 unspecified atom stereocenters. The molecule has 1 heterocycles. The second-order valence-electron chi connectivity index (χ2n) is 3.37. The molecule has 0 saturated carbocycles. The molecule has 1 atom stereocenters. The monoisotopic (exact) mass is 183 g/mol. The Balaban J connectivity index is 2.80. The first kappa shape index (κ1) is 9.92. The van der Waals surface area contributed by atoms with Gasteiger partial charge < -0.3 is 11.5 Å². The van der Waals surface area contributed by atoms with Crippen LogP contribution in [0.5, 0.6) is 0 Å². The first-order valence-electron chi connectivity index (χ1n) is 4.12. The molecule has 0 amide bonds. The van der Waals surface area contributed by atoms with E-state index >= 15 is 0 Å². The molecule has 0 aliphatic heterocycles. The molecule has 0 aromatic carbocycles. The summed E-state index contributed by atoms with van der Waals surface area (Å²) in [7, 11) is 0. The van der Waals surface area contributed by atoms with E-state index in [2.05, 4.69) is 4.98 Å². The van der Waals surface area contributed by atoms with Gasteiger partial charge in [0.1, 0.15) is 5.67 Å². The summed E-state index contributed by atoms with van der Waals surface area (Å²) >= 11 is 0. The van der Waals surface area contributed by atoms with Crippen molar-refractivity contribution in [3.05, 3.63) is 24.0 Å². The number of pyridine rings is 1. The summed E-state index contributed by atoms with van der Waals surface area (Å²) in [5.41, 5.74) is 10.8. The fraction of sp³-hybridized carbons (Fsp3) is 0.444. The number of aromatic nitrogens is 1. The van der Waals surface area contributed by atoms with E-state index in [1.807, 2.05) is 0 Å². The molecule has 1 rings (SSSR count). The van der Waals surface area contributed by atoms with Gasteiger partial charge in [-0.1, -0.05) is 0 Å². The van der Waals surface area contributed by atoms with Crippen LogP contribution in [0.25, 0.3) is 0 Å². The highest BCUT2D eigenvalue weighted by molar-refractivity contribution is 5.44. The maximum atomic E-state index is 13.5. The van der Waals surface area contributed by atoms with E-state index in [1.165, 1.54) is 6.92 Å². The number of hydrogen-bond donors (Lipinski definition) is 2. The van der Waals surface area contributed by atoms with Crippen LogP contribution in [0.15, 0.2) is 18.5 Å². The number of hydrogen-bond acceptors (Lipinski definition) is 3. The lowest BCUT2D eigenvalue weighted by Crippen LogP contribution is -2.32. The number of nitrogens with two attached hydrogens (primary N) is 2. The lowest BCUT2D eigenvalue weighted by Gasteiger charge is -2.18. The third kappa shape index (κ3) is 2.66. The molecule has 0 radical (unpaired) electrons. The van der Waals surface area contributed by atoms with E-state index in [1.54, 1.807) is 18.5 Å². The molecule has 3 nitrogen and oxygen atoms in total. The summed E-state index contributed by atoms with van der Waals surface area (Å²) in [6.45, 7) is 1.45. The van der Waals surface area contributed by atoms with Crippen LogP contribution in [-0.4, -0.2) is 17.2 Å². The minimum absolute atomic E-state index is 0.0126. The largest absolute Gasteiger partial charge is 0.398 e. The van der Waals surface area contributed by atoms with E-state index in [-0.39, 0.29) is 13.0 Å². The van der Waals surface area contributed by atoms with Crippen LogP contribution in [-0.2, 0) is 6.42 Å². The van der Waals surface area contributed by atoms with Crippen molar-refractivity contribution in [2.75, 3.05) is 12.3 Å². The van der Waals surface area contributed by atoms with E-state index in [9.17, 15) is 4.39 Å². The highest BCUT2D eigenvalue weighted by Gasteiger charge is 2.22. The topological polar surface area (TPSA) is 64.9 Å². The molecule has 0 saturated heterocycles. The Kier molecular flexibility index (Phi) is 2.83. The van der Waals surface area contributed by atoms with Gasteiger partial charge in [-0.15, -0.1) is 0 Å². The van der Waals surface area contributed by atoms with Gasteiger partial charge in [0.25, 0.3) is 0 Å². The van der Waals surface area contributed by atoms with E-state index in [4.69, 9.17) is 11.5 Å². The van der Waals surface area contributed by atoms with Gasteiger partial charge >= 0.3 is 0 Å². The summed E-state index contributed by atoms with van der Waals surface area (Å²) in [5, 5.41) is 0. The molecule has 0 bridgehead atoms. The SMILES string of the molecule is CC(F)(CN)Cc1cnccc1N. The van der Waals surface area contributed by atoms with Gasteiger partial charge in [-0.3, -0.25) is 4.98 Å². The van der Waals surface area contributed by atoms with Crippen molar-refractivity contribution in [2.24, 2.45) is 5.73 Å². The van der Waals surface area contributed by atoms with Crippen molar-refractivity contribution >= 4 is 5.69 Å². The van der Waals surface area contributed by atoms with Crippen molar-refractivity contribution < 1.29 is 4.39 Å². The van der Waals surface area contributed by atoms with Gasteiger partial charge in [0.05, 0.1) is 0 Å². The number of nitrogen functional groups attached to an aromatic ring is 1. The van der Waals surface area contributed by atoms with Crippen molar-refractivity contribution in [2.45, 2.75) is 19.0 Å². The Labute approximate surface area is 77.0 Å².